The van der Waals surface area contributed by atoms with E-state index in [1.165, 1.54) is 11.3 Å². The van der Waals surface area contributed by atoms with Gasteiger partial charge in [-0.1, -0.05) is 65.9 Å². The molecule has 0 bridgehead atoms. The largest absolute Gasteiger partial charge is 0.463 e. The van der Waals surface area contributed by atoms with Crippen LogP contribution in [0.5, 0.6) is 11.5 Å². The van der Waals surface area contributed by atoms with E-state index in [0.29, 0.717) is 32.1 Å². The number of hydrogen-bond donors (Lipinski definition) is 1. The lowest BCUT2D eigenvalue weighted by molar-refractivity contribution is -0.138. The first kappa shape index (κ1) is 24.2. The number of nitrogens with one attached hydrogen (secondary N) is 1. The van der Waals surface area contributed by atoms with Crippen LogP contribution in [-0.4, -0.2) is 28.9 Å². The van der Waals surface area contributed by atoms with Crippen LogP contribution >= 0.6 is 11.3 Å². The topological polar surface area (TPSA) is 94.9 Å². The molecule has 0 amide bonds. The third-order valence-electron chi connectivity index (χ3n) is 6.99. The highest BCUT2D eigenvalue weighted by molar-refractivity contribution is 7.07. The number of rotatable bonds is 5. The molecule has 8 nitrogen and oxygen atoms in total. The van der Waals surface area contributed by atoms with Crippen molar-refractivity contribution >= 4 is 40.0 Å². The van der Waals surface area contributed by atoms with Crippen molar-refractivity contribution in [1.29, 1.82) is 0 Å². The van der Waals surface area contributed by atoms with E-state index in [1.807, 2.05) is 79.0 Å². The van der Waals surface area contributed by atoms with Gasteiger partial charge in [-0.15, -0.1) is 0 Å². The number of carbonyl (C=O) groups is 1. The summed E-state index contributed by atoms with van der Waals surface area (Å²) >= 11 is 1.29. The molecule has 0 radical (unpaired) electrons. The summed E-state index contributed by atoms with van der Waals surface area (Å²) in [5.74, 6) is 0.638. The second-order valence-electron chi connectivity index (χ2n) is 9.33. The summed E-state index contributed by atoms with van der Waals surface area (Å²) in [5.41, 5.74) is 3.84. The highest BCUT2D eigenvalue weighted by atomic mass is 32.1. The van der Waals surface area contributed by atoms with Crippen molar-refractivity contribution < 1.29 is 19.0 Å². The summed E-state index contributed by atoms with van der Waals surface area (Å²) < 4.78 is 18.8. The van der Waals surface area contributed by atoms with E-state index in [1.54, 1.807) is 17.6 Å². The highest BCUT2D eigenvalue weighted by Gasteiger charge is 2.36. The SMILES string of the molecule is CCOC(=O)C1=C(c2ccccc2)N=c2s/c(=C\c3c[nH]c4ccccc34)c(=O)n2[C@H]1c1ccc2c(c1)OCO2. The van der Waals surface area contributed by atoms with Gasteiger partial charge in [0.1, 0.15) is 0 Å². The first-order valence-electron chi connectivity index (χ1n) is 12.9. The third kappa shape index (κ3) is 3.94. The van der Waals surface area contributed by atoms with Crippen LogP contribution in [-0.2, 0) is 9.53 Å². The molecule has 0 saturated carbocycles. The molecule has 0 aliphatic carbocycles. The maximum Gasteiger partial charge on any atom is 0.338 e. The Morgan fingerprint density at radius 2 is 1.90 bits per heavy atom. The lowest BCUT2D eigenvalue weighted by atomic mass is 9.93. The molecule has 0 saturated heterocycles. The van der Waals surface area contributed by atoms with Crippen LogP contribution in [0.3, 0.4) is 0 Å². The number of ether oxygens (including phenoxy) is 3. The van der Waals surface area contributed by atoms with Crippen LogP contribution in [0.4, 0.5) is 0 Å². The van der Waals surface area contributed by atoms with E-state index in [-0.39, 0.29) is 24.5 Å². The minimum atomic E-state index is -0.787. The second-order valence-corrected chi connectivity index (χ2v) is 10.3. The van der Waals surface area contributed by atoms with Crippen molar-refractivity contribution in [3.63, 3.8) is 0 Å². The van der Waals surface area contributed by atoms with E-state index in [4.69, 9.17) is 19.2 Å². The second kappa shape index (κ2) is 9.69. The molecule has 2 aliphatic rings. The molecule has 7 rings (SSSR count). The lowest BCUT2D eigenvalue weighted by Crippen LogP contribution is -2.40. The Kier molecular flexibility index (Phi) is 5.86. The number of thiazole rings is 1. The van der Waals surface area contributed by atoms with Gasteiger partial charge in [0.15, 0.2) is 16.3 Å². The smallest absolute Gasteiger partial charge is 0.338 e. The maximum atomic E-state index is 14.1. The van der Waals surface area contributed by atoms with Crippen molar-refractivity contribution in [2.75, 3.05) is 13.4 Å². The quantitative estimate of drug-likeness (QED) is 0.333. The first-order valence-corrected chi connectivity index (χ1v) is 13.7. The molecule has 40 heavy (non-hydrogen) atoms. The number of H-pyrrole nitrogens is 1. The Labute approximate surface area is 232 Å². The average molecular weight is 550 g/mol. The van der Waals surface area contributed by atoms with Gasteiger partial charge < -0.3 is 19.2 Å². The minimum Gasteiger partial charge on any atom is -0.463 e. The van der Waals surface area contributed by atoms with Gasteiger partial charge in [-0.25, -0.2) is 9.79 Å². The highest BCUT2D eigenvalue weighted by Crippen LogP contribution is 2.40. The number of aromatic amines is 1. The van der Waals surface area contributed by atoms with Crippen LogP contribution in [0, 0.1) is 0 Å². The summed E-state index contributed by atoms with van der Waals surface area (Å²) in [6.45, 7) is 2.05. The van der Waals surface area contributed by atoms with Gasteiger partial charge in [0.2, 0.25) is 6.79 Å². The van der Waals surface area contributed by atoms with E-state index < -0.39 is 12.0 Å². The Morgan fingerprint density at radius 1 is 1.10 bits per heavy atom. The van der Waals surface area contributed by atoms with Crippen molar-refractivity contribution in [1.82, 2.24) is 9.55 Å². The third-order valence-corrected chi connectivity index (χ3v) is 7.98. The molecular weight excluding hydrogens is 526 g/mol. The number of fused-ring (bicyclic) bond motifs is 3. The van der Waals surface area contributed by atoms with Gasteiger partial charge >= 0.3 is 5.97 Å². The number of benzene rings is 3. The molecule has 2 aliphatic heterocycles. The average Bonchev–Trinajstić information content (AvgIpc) is 3.70. The maximum absolute atomic E-state index is 14.1. The fraction of sp³-hybridized carbons (Fsp3) is 0.129. The normalized spacial score (nSPS) is 16.2. The fourth-order valence-corrected chi connectivity index (χ4v) is 6.19. The monoisotopic (exact) mass is 549 g/mol. The molecule has 0 unspecified atom stereocenters. The zero-order valence-electron chi connectivity index (χ0n) is 21.4. The number of carbonyl (C=O) groups excluding carboxylic acids is 1. The molecule has 198 valence electrons. The van der Waals surface area contributed by atoms with E-state index >= 15 is 0 Å². The number of aromatic nitrogens is 2. The zero-order valence-corrected chi connectivity index (χ0v) is 22.2. The Balaban J connectivity index is 1.51. The molecule has 5 aromatic rings. The summed E-state index contributed by atoms with van der Waals surface area (Å²) in [4.78, 5) is 36.4. The van der Waals surface area contributed by atoms with Gasteiger partial charge in [0.05, 0.1) is 28.5 Å². The summed E-state index contributed by atoms with van der Waals surface area (Å²) in [5, 5.41) is 1.01. The molecule has 4 heterocycles. The van der Waals surface area contributed by atoms with E-state index in [0.717, 1.165) is 22.0 Å². The van der Waals surface area contributed by atoms with Crippen LogP contribution < -0.4 is 24.4 Å². The predicted octanol–water partition coefficient (Wildman–Crippen LogP) is 4.15. The minimum absolute atomic E-state index is 0.113. The molecule has 9 heteroatoms. The van der Waals surface area contributed by atoms with Gasteiger partial charge in [-0.3, -0.25) is 9.36 Å². The van der Waals surface area contributed by atoms with Crippen molar-refractivity contribution in [2.45, 2.75) is 13.0 Å². The van der Waals surface area contributed by atoms with E-state index in [9.17, 15) is 9.59 Å². The number of esters is 1. The molecule has 2 aromatic heterocycles. The number of nitrogens with zero attached hydrogens (tertiary/aromatic N) is 2. The molecule has 1 atom stereocenters. The van der Waals surface area contributed by atoms with Crippen LogP contribution in [0.2, 0.25) is 0 Å². The summed E-state index contributed by atoms with van der Waals surface area (Å²) in [6, 6.07) is 22.1. The van der Waals surface area contributed by atoms with Crippen molar-refractivity contribution in [3.05, 3.63) is 121 Å². The molecular formula is C31H23N3O5S. The lowest BCUT2D eigenvalue weighted by Gasteiger charge is -2.26. The van der Waals surface area contributed by atoms with Gasteiger partial charge in [0, 0.05) is 28.2 Å². The predicted molar refractivity (Wildman–Crippen MR) is 152 cm³/mol. The standard InChI is InChI=1S/C31H23N3O5S/c1-2-37-30(36)26-27(18-8-4-3-5-9-18)33-31-34(28(26)19-12-13-23-24(14-19)39-17-38-23)29(35)25(40-31)15-20-16-32-22-11-7-6-10-21(20)22/h3-16,28,32H,2,17H2,1H3/b25-15-/t28-/m0/s1. The van der Waals surface area contributed by atoms with Crippen molar-refractivity contribution in [2.24, 2.45) is 4.99 Å². The number of para-hydroxylation sites is 1. The Bertz CT molecular complexity index is 2000. The van der Waals surface area contributed by atoms with Crippen LogP contribution in [0.25, 0.3) is 22.7 Å². The summed E-state index contributed by atoms with van der Waals surface area (Å²) in [6.07, 6.45) is 3.76. The van der Waals surface area contributed by atoms with Gasteiger partial charge in [0.25, 0.3) is 5.56 Å². The van der Waals surface area contributed by atoms with Gasteiger partial charge in [-0.2, -0.15) is 0 Å². The Morgan fingerprint density at radius 3 is 2.75 bits per heavy atom. The summed E-state index contributed by atoms with van der Waals surface area (Å²) in [7, 11) is 0. The van der Waals surface area contributed by atoms with Crippen LogP contribution in [0.15, 0.2) is 94.4 Å². The molecule has 0 spiro atoms. The molecule has 1 N–H and O–H groups in total. The number of hydrogen-bond acceptors (Lipinski definition) is 7. The Hall–Kier alpha value is -4.89. The molecule has 0 fully saturated rings. The van der Waals surface area contributed by atoms with Gasteiger partial charge in [-0.05, 0) is 36.8 Å². The van der Waals surface area contributed by atoms with Crippen molar-refractivity contribution in [3.8, 4) is 11.5 Å². The fourth-order valence-electron chi connectivity index (χ4n) is 5.19. The molecule has 3 aromatic carbocycles. The van der Waals surface area contributed by atoms with E-state index in [2.05, 4.69) is 4.98 Å². The van der Waals surface area contributed by atoms with Crippen LogP contribution in [0.1, 0.15) is 29.7 Å². The zero-order chi connectivity index (χ0) is 27.2. The first-order chi connectivity index (χ1) is 19.6.